The predicted octanol–water partition coefficient (Wildman–Crippen LogP) is 3.66. The van der Waals surface area contributed by atoms with Crippen LogP contribution in [-0.2, 0) is 4.79 Å². The molecule has 0 radical (unpaired) electrons. The van der Waals surface area contributed by atoms with Gasteiger partial charge in [-0.05, 0) is 28.8 Å². The highest BCUT2D eigenvalue weighted by molar-refractivity contribution is 5.69. The molecule has 0 aliphatic rings. The Bertz CT molecular complexity index is 532. The number of ether oxygens (including phenoxy) is 1. The summed E-state index contributed by atoms with van der Waals surface area (Å²) in [5.41, 5.74) is 3.16. The van der Waals surface area contributed by atoms with Gasteiger partial charge in [-0.3, -0.25) is 0 Å². The fourth-order valence-electron chi connectivity index (χ4n) is 1.88. The van der Waals surface area contributed by atoms with Crippen molar-refractivity contribution in [1.82, 2.24) is 0 Å². The Morgan fingerprint density at radius 1 is 1.06 bits per heavy atom. The average molecular weight is 240 g/mol. The molecular weight excluding hydrogens is 224 g/mol. The molecule has 18 heavy (non-hydrogen) atoms. The maximum absolute atomic E-state index is 10.9. The van der Waals surface area contributed by atoms with Crippen LogP contribution in [-0.4, -0.2) is 13.4 Å². The van der Waals surface area contributed by atoms with Crippen molar-refractivity contribution in [3.05, 3.63) is 54.1 Å². The van der Waals surface area contributed by atoms with E-state index in [4.69, 9.17) is 4.74 Å². The van der Waals surface area contributed by atoms with Crippen molar-refractivity contribution < 1.29 is 9.53 Å². The van der Waals surface area contributed by atoms with Crippen LogP contribution in [0, 0.1) is 0 Å². The lowest BCUT2D eigenvalue weighted by Gasteiger charge is -2.11. The van der Waals surface area contributed by atoms with Gasteiger partial charge in [-0.25, -0.2) is 0 Å². The summed E-state index contributed by atoms with van der Waals surface area (Å²) in [5.74, 6) is 0.655. The van der Waals surface area contributed by atoms with Gasteiger partial charge in [0.25, 0.3) is 0 Å². The van der Waals surface area contributed by atoms with Crippen LogP contribution in [0.5, 0.6) is 5.75 Å². The summed E-state index contributed by atoms with van der Waals surface area (Å²) in [6, 6.07) is 16.0. The number of aldehydes is 1. The first-order valence-corrected chi connectivity index (χ1v) is 5.94. The standard InChI is InChI=1S/C16H16O2/c1-12(11-17)14-8-15(10-16(9-14)18-2)13-6-4-3-5-7-13/h3-12H,1-2H3/t12-/m0/s1. The molecule has 0 aliphatic heterocycles. The zero-order valence-corrected chi connectivity index (χ0v) is 10.6. The van der Waals surface area contributed by atoms with E-state index in [2.05, 4.69) is 0 Å². The van der Waals surface area contributed by atoms with Crippen LogP contribution in [0.3, 0.4) is 0 Å². The summed E-state index contributed by atoms with van der Waals surface area (Å²) < 4.78 is 5.30. The Balaban J connectivity index is 2.51. The van der Waals surface area contributed by atoms with Gasteiger partial charge in [-0.1, -0.05) is 43.3 Å². The summed E-state index contributed by atoms with van der Waals surface area (Å²) in [6.45, 7) is 1.89. The third-order valence-electron chi connectivity index (χ3n) is 3.00. The first-order chi connectivity index (χ1) is 8.74. The quantitative estimate of drug-likeness (QED) is 0.762. The maximum Gasteiger partial charge on any atom is 0.127 e. The lowest BCUT2D eigenvalue weighted by molar-refractivity contribution is -0.108. The van der Waals surface area contributed by atoms with Gasteiger partial charge in [0.15, 0.2) is 0 Å². The first kappa shape index (κ1) is 12.4. The molecule has 0 spiro atoms. The van der Waals surface area contributed by atoms with Crippen LogP contribution in [0.25, 0.3) is 11.1 Å². The second-order valence-electron chi connectivity index (χ2n) is 4.29. The number of hydrogen-bond donors (Lipinski definition) is 0. The third kappa shape index (κ3) is 2.59. The molecule has 0 saturated carbocycles. The van der Waals surface area contributed by atoms with Gasteiger partial charge in [-0.2, -0.15) is 0 Å². The van der Waals surface area contributed by atoms with Crippen molar-refractivity contribution in [2.24, 2.45) is 0 Å². The molecule has 0 aromatic heterocycles. The molecule has 0 unspecified atom stereocenters. The number of carbonyl (C=O) groups is 1. The SMILES string of the molecule is COc1cc(-c2ccccc2)cc([C@@H](C)C=O)c1. The number of rotatable bonds is 4. The summed E-state index contributed by atoms with van der Waals surface area (Å²) in [5, 5.41) is 0. The van der Waals surface area contributed by atoms with Crippen LogP contribution in [0.1, 0.15) is 18.4 Å². The smallest absolute Gasteiger partial charge is 0.127 e. The fraction of sp³-hybridized carbons (Fsp3) is 0.188. The second kappa shape index (κ2) is 5.50. The Hall–Kier alpha value is -2.09. The molecule has 0 N–H and O–H groups in total. The molecule has 1 atom stereocenters. The third-order valence-corrected chi connectivity index (χ3v) is 3.00. The minimum atomic E-state index is -0.123. The van der Waals surface area contributed by atoms with E-state index in [-0.39, 0.29) is 5.92 Å². The molecule has 2 aromatic rings. The largest absolute Gasteiger partial charge is 0.497 e. The summed E-state index contributed by atoms with van der Waals surface area (Å²) in [4.78, 5) is 10.9. The Morgan fingerprint density at radius 2 is 1.78 bits per heavy atom. The average Bonchev–Trinajstić information content (AvgIpc) is 2.46. The molecule has 2 rings (SSSR count). The first-order valence-electron chi connectivity index (χ1n) is 5.94. The van der Waals surface area contributed by atoms with E-state index in [0.717, 1.165) is 28.7 Å². The van der Waals surface area contributed by atoms with Crippen LogP contribution < -0.4 is 4.74 Å². The lowest BCUT2D eigenvalue weighted by atomic mass is 9.96. The highest BCUT2D eigenvalue weighted by Crippen LogP contribution is 2.28. The molecule has 0 bridgehead atoms. The van der Waals surface area contributed by atoms with Crippen LogP contribution in [0.4, 0.5) is 0 Å². The Kier molecular flexibility index (Phi) is 3.78. The van der Waals surface area contributed by atoms with Gasteiger partial charge < -0.3 is 9.53 Å². The molecule has 92 valence electrons. The van der Waals surface area contributed by atoms with Gasteiger partial charge in [-0.15, -0.1) is 0 Å². The van der Waals surface area contributed by atoms with E-state index in [0.29, 0.717) is 0 Å². The zero-order chi connectivity index (χ0) is 13.0. The topological polar surface area (TPSA) is 26.3 Å². The van der Waals surface area contributed by atoms with E-state index in [1.54, 1.807) is 7.11 Å². The Labute approximate surface area is 107 Å². The van der Waals surface area contributed by atoms with Crippen LogP contribution in [0.15, 0.2) is 48.5 Å². The predicted molar refractivity (Wildman–Crippen MR) is 72.9 cm³/mol. The number of benzene rings is 2. The molecule has 0 saturated heterocycles. The van der Waals surface area contributed by atoms with E-state index < -0.39 is 0 Å². The molecule has 0 heterocycles. The molecular formula is C16H16O2. The van der Waals surface area contributed by atoms with Gasteiger partial charge in [0.05, 0.1) is 7.11 Å². The highest BCUT2D eigenvalue weighted by Gasteiger charge is 2.08. The normalized spacial score (nSPS) is 11.9. The summed E-state index contributed by atoms with van der Waals surface area (Å²) in [7, 11) is 1.64. The van der Waals surface area contributed by atoms with Crippen molar-refractivity contribution in [1.29, 1.82) is 0 Å². The van der Waals surface area contributed by atoms with Crippen LogP contribution in [0.2, 0.25) is 0 Å². The summed E-state index contributed by atoms with van der Waals surface area (Å²) in [6.07, 6.45) is 0.948. The second-order valence-corrected chi connectivity index (χ2v) is 4.29. The molecule has 2 nitrogen and oxygen atoms in total. The van der Waals surface area contributed by atoms with Crippen molar-refractivity contribution >= 4 is 6.29 Å². The minimum Gasteiger partial charge on any atom is -0.497 e. The van der Waals surface area contributed by atoms with E-state index >= 15 is 0 Å². The van der Waals surface area contributed by atoms with Gasteiger partial charge in [0.2, 0.25) is 0 Å². The van der Waals surface area contributed by atoms with Crippen molar-refractivity contribution in [3.8, 4) is 16.9 Å². The molecule has 2 aromatic carbocycles. The molecule has 2 heteroatoms. The van der Waals surface area contributed by atoms with Gasteiger partial charge >= 0.3 is 0 Å². The summed E-state index contributed by atoms with van der Waals surface area (Å²) >= 11 is 0. The lowest BCUT2D eigenvalue weighted by Crippen LogP contribution is -1.96. The fourth-order valence-corrected chi connectivity index (χ4v) is 1.88. The van der Waals surface area contributed by atoms with E-state index in [1.807, 2.05) is 55.5 Å². The maximum atomic E-state index is 10.9. The number of methoxy groups -OCH3 is 1. The van der Waals surface area contributed by atoms with Crippen molar-refractivity contribution in [2.75, 3.05) is 7.11 Å². The van der Waals surface area contributed by atoms with Crippen molar-refractivity contribution in [2.45, 2.75) is 12.8 Å². The van der Waals surface area contributed by atoms with E-state index in [9.17, 15) is 4.79 Å². The minimum absolute atomic E-state index is 0.123. The number of carbonyl (C=O) groups excluding carboxylic acids is 1. The van der Waals surface area contributed by atoms with Crippen LogP contribution >= 0.6 is 0 Å². The van der Waals surface area contributed by atoms with Crippen molar-refractivity contribution in [3.63, 3.8) is 0 Å². The Morgan fingerprint density at radius 3 is 2.39 bits per heavy atom. The van der Waals surface area contributed by atoms with E-state index in [1.165, 1.54) is 0 Å². The molecule has 0 fully saturated rings. The highest BCUT2D eigenvalue weighted by atomic mass is 16.5. The monoisotopic (exact) mass is 240 g/mol. The number of hydrogen-bond acceptors (Lipinski definition) is 2. The zero-order valence-electron chi connectivity index (χ0n) is 10.6. The van der Waals surface area contributed by atoms with Gasteiger partial charge in [0, 0.05) is 5.92 Å². The molecule has 0 aliphatic carbocycles. The molecule has 0 amide bonds. The van der Waals surface area contributed by atoms with Gasteiger partial charge in [0.1, 0.15) is 12.0 Å².